The quantitative estimate of drug-likeness (QED) is 0.943. The van der Waals surface area contributed by atoms with Crippen molar-refractivity contribution in [1.29, 1.82) is 0 Å². The molecule has 118 valence electrons. The molecule has 4 nitrogen and oxygen atoms in total. The first-order valence-electron chi connectivity index (χ1n) is 8.07. The van der Waals surface area contributed by atoms with Crippen molar-refractivity contribution in [3.63, 3.8) is 0 Å². The van der Waals surface area contributed by atoms with Gasteiger partial charge in [0.2, 0.25) is 0 Å². The third-order valence-corrected chi connectivity index (χ3v) is 4.53. The summed E-state index contributed by atoms with van der Waals surface area (Å²) in [6.07, 6.45) is 3.35. The van der Waals surface area contributed by atoms with Gasteiger partial charge in [-0.05, 0) is 49.8 Å². The topological polar surface area (TPSA) is 43.3 Å². The number of hydrogen-bond donors (Lipinski definition) is 1. The molecule has 1 N–H and O–H groups in total. The van der Waals surface area contributed by atoms with Crippen molar-refractivity contribution in [2.24, 2.45) is 13.0 Å². The molecule has 2 heterocycles. The summed E-state index contributed by atoms with van der Waals surface area (Å²) < 4.78 is 7.45. The maximum Gasteiger partial charge on any atom is 0.267 e. The SMILES string of the molecule is Cc1ccc2cc(C(=O)NCC[C@@H]3CCCOC3)n(C)c2c1. The molecule has 0 spiro atoms. The van der Waals surface area contributed by atoms with E-state index in [0.29, 0.717) is 12.5 Å². The molecule has 1 aliphatic rings. The monoisotopic (exact) mass is 300 g/mol. The number of fused-ring (bicyclic) bond motifs is 1. The molecule has 1 aromatic heterocycles. The van der Waals surface area contributed by atoms with Gasteiger partial charge >= 0.3 is 0 Å². The van der Waals surface area contributed by atoms with E-state index in [9.17, 15) is 4.79 Å². The number of nitrogens with one attached hydrogen (secondary N) is 1. The molecular weight excluding hydrogens is 276 g/mol. The highest BCUT2D eigenvalue weighted by Gasteiger charge is 2.16. The summed E-state index contributed by atoms with van der Waals surface area (Å²) in [7, 11) is 1.95. The molecule has 1 fully saturated rings. The zero-order valence-electron chi connectivity index (χ0n) is 13.4. The van der Waals surface area contributed by atoms with Gasteiger partial charge in [0.25, 0.3) is 5.91 Å². The Labute approximate surface area is 131 Å². The molecule has 2 aromatic rings. The summed E-state index contributed by atoms with van der Waals surface area (Å²) >= 11 is 0. The average molecular weight is 300 g/mol. The molecule has 0 unspecified atom stereocenters. The minimum absolute atomic E-state index is 0.00748. The standard InChI is InChI=1S/C18H24N2O2/c1-13-5-6-15-11-17(20(2)16(15)10-13)18(21)19-8-7-14-4-3-9-22-12-14/h5-6,10-11,14H,3-4,7-9,12H2,1-2H3,(H,19,21)/t14-/m0/s1. The number of aryl methyl sites for hydroxylation is 2. The molecule has 0 saturated carbocycles. The lowest BCUT2D eigenvalue weighted by molar-refractivity contribution is 0.0514. The normalized spacial score (nSPS) is 18.5. The molecule has 1 atom stereocenters. The van der Waals surface area contributed by atoms with Crippen LogP contribution in [-0.4, -0.2) is 30.2 Å². The lowest BCUT2D eigenvalue weighted by Crippen LogP contribution is -2.29. The highest BCUT2D eigenvalue weighted by molar-refractivity contribution is 5.98. The number of rotatable bonds is 4. The van der Waals surface area contributed by atoms with Gasteiger partial charge in [-0.2, -0.15) is 0 Å². The van der Waals surface area contributed by atoms with Crippen LogP contribution >= 0.6 is 0 Å². The van der Waals surface area contributed by atoms with Gasteiger partial charge < -0.3 is 14.6 Å². The van der Waals surface area contributed by atoms with Crippen LogP contribution in [0.25, 0.3) is 10.9 Å². The van der Waals surface area contributed by atoms with E-state index in [-0.39, 0.29) is 5.91 Å². The fourth-order valence-corrected chi connectivity index (χ4v) is 3.17. The molecule has 22 heavy (non-hydrogen) atoms. The van der Waals surface area contributed by atoms with Gasteiger partial charge in [0.1, 0.15) is 5.69 Å². The number of amides is 1. The predicted octanol–water partition coefficient (Wildman–Crippen LogP) is 3.03. The van der Waals surface area contributed by atoms with Gasteiger partial charge in [0, 0.05) is 37.7 Å². The van der Waals surface area contributed by atoms with Crippen molar-refractivity contribution >= 4 is 16.8 Å². The van der Waals surface area contributed by atoms with Crippen LogP contribution in [-0.2, 0) is 11.8 Å². The molecular formula is C18H24N2O2. The number of ether oxygens (including phenoxy) is 1. The average Bonchev–Trinajstić information content (AvgIpc) is 2.85. The maximum atomic E-state index is 12.4. The summed E-state index contributed by atoms with van der Waals surface area (Å²) in [4.78, 5) is 12.4. The Hall–Kier alpha value is -1.81. The van der Waals surface area contributed by atoms with Crippen molar-refractivity contribution in [3.8, 4) is 0 Å². The van der Waals surface area contributed by atoms with E-state index in [1.807, 2.05) is 17.7 Å². The molecule has 1 aromatic carbocycles. The van der Waals surface area contributed by atoms with Crippen molar-refractivity contribution in [3.05, 3.63) is 35.5 Å². The minimum Gasteiger partial charge on any atom is -0.381 e. The van der Waals surface area contributed by atoms with E-state index in [1.54, 1.807) is 0 Å². The van der Waals surface area contributed by atoms with Crippen molar-refractivity contribution < 1.29 is 9.53 Å². The second-order valence-corrected chi connectivity index (χ2v) is 6.28. The number of aromatic nitrogens is 1. The summed E-state index contributed by atoms with van der Waals surface area (Å²) in [5, 5.41) is 4.16. The maximum absolute atomic E-state index is 12.4. The van der Waals surface area contributed by atoms with E-state index in [4.69, 9.17) is 4.74 Å². The third kappa shape index (κ3) is 3.17. The Morgan fingerprint density at radius 3 is 3.05 bits per heavy atom. The van der Waals surface area contributed by atoms with Gasteiger partial charge in [-0.1, -0.05) is 12.1 Å². The number of benzene rings is 1. The molecule has 1 aliphatic heterocycles. The molecule has 0 aliphatic carbocycles. The van der Waals surface area contributed by atoms with E-state index in [0.717, 1.165) is 42.7 Å². The number of hydrogen-bond acceptors (Lipinski definition) is 2. The number of nitrogens with zero attached hydrogens (tertiary/aromatic N) is 1. The Kier molecular flexibility index (Phi) is 4.48. The molecule has 3 rings (SSSR count). The first kappa shape index (κ1) is 15.1. The molecule has 0 bridgehead atoms. The lowest BCUT2D eigenvalue weighted by Gasteiger charge is -2.21. The summed E-state index contributed by atoms with van der Waals surface area (Å²) in [5.74, 6) is 0.595. The fourth-order valence-electron chi connectivity index (χ4n) is 3.17. The summed E-state index contributed by atoms with van der Waals surface area (Å²) in [6, 6.07) is 8.23. The van der Waals surface area contributed by atoms with Crippen LogP contribution in [0.1, 0.15) is 35.3 Å². The van der Waals surface area contributed by atoms with E-state index in [1.165, 1.54) is 12.0 Å². The van der Waals surface area contributed by atoms with Crippen LogP contribution in [0.5, 0.6) is 0 Å². The van der Waals surface area contributed by atoms with Crippen molar-refractivity contribution in [1.82, 2.24) is 9.88 Å². The Balaban J connectivity index is 1.63. The zero-order chi connectivity index (χ0) is 15.5. The molecule has 1 amide bonds. The zero-order valence-corrected chi connectivity index (χ0v) is 13.4. The second kappa shape index (κ2) is 6.53. The van der Waals surface area contributed by atoms with Crippen molar-refractivity contribution in [2.45, 2.75) is 26.2 Å². The van der Waals surface area contributed by atoms with E-state index < -0.39 is 0 Å². The van der Waals surface area contributed by atoms with Crippen LogP contribution in [0.2, 0.25) is 0 Å². The summed E-state index contributed by atoms with van der Waals surface area (Å²) in [5.41, 5.74) is 3.03. The van der Waals surface area contributed by atoms with Gasteiger partial charge in [-0.3, -0.25) is 4.79 Å². The van der Waals surface area contributed by atoms with Gasteiger partial charge in [0.15, 0.2) is 0 Å². The van der Waals surface area contributed by atoms with Gasteiger partial charge in [0.05, 0.1) is 0 Å². The third-order valence-electron chi connectivity index (χ3n) is 4.53. The second-order valence-electron chi connectivity index (χ2n) is 6.28. The van der Waals surface area contributed by atoms with Gasteiger partial charge in [-0.15, -0.1) is 0 Å². The van der Waals surface area contributed by atoms with E-state index in [2.05, 4.69) is 30.4 Å². The minimum atomic E-state index is 0.00748. The number of carbonyl (C=O) groups is 1. The predicted molar refractivity (Wildman–Crippen MR) is 88.1 cm³/mol. The van der Waals surface area contributed by atoms with Crippen LogP contribution in [0.3, 0.4) is 0 Å². The molecule has 1 saturated heterocycles. The number of carbonyl (C=O) groups excluding carboxylic acids is 1. The Bertz CT molecular complexity index is 669. The van der Waals surface area contributed by atoms with E-state index >= 15 is 0 Å². The smallest absolute Gasteiger partial charge is 0.267 e. The highest BCUT2D eigenvalue weighted by atomic mass is 16.5. The Morgan fingerprint density at radius 1 is 1.41 bits per heavy atom. The molecule has 0 radical (unpaired) electrons. The van der Waals surface area contributed by atoms with Crippen LogP contribution in [0, 0.1) is 12.8 Å². The first-order chi connectivity index (χ1) is 10.6. The molecule has 4 heteroatoms. The Morgan fingerprint density at radius 2 is 2.27 bits per heavy atom. The first-order valence-corrected chi connectivity index (χ1v) is 8.07. The summed E-state index contributed by atoms with van der Waals surface area (Å²) in [6.45, 7) is 4.51. The van der Waals surface area contributed by atoms with Crippen LogP contribution < -0.4 is 5.32 Å². The lowest BCUT2D eigenvalue weighted by atomic mass is 9.99. The largest absolute Gasteiger partial charge is 0.381 e. The fraction of sp³-hybridized carbons (Fsp3) is 0.500. The van der Waals surface area contributed by atoms with Crippen LogP contribution in [0.4, 0.5) is 0 Å². The van der Waals surface area contributed by atoms with Crippen LogP contribution in [0.15, 0.2) is 24.3 Å². The van der Waals surface area contributed by atoms with Crippen molar-refractivity contribution in [2.75, 3.05) is 19.8 Å². The van der Waals surface area contributed by atoms with Gasteiger partial charge in [-0.25, -0.2) is 0 Å². The highest BCUT2D eigenvalue weighted by Crippen LogP contribution is 2.20.